The Bertz CT molecular complexity index is 129. The first-order valence-electron chi connectivity index (χ1n) is 4.71. The van der Waals surface area contributed by atoms with E-state index in [1.54, 1.807) is 14.2 Å². The Morgan fingerprint density at radius 3 is 2.69 bits per heavy atom. The van der Waals surface area contributed by atoms with Gasteiger partial charge in [0, 0.05) is 27.1 Å². The number of carbonyl (C=O) groups is 1. The second kappa shape index (κ2) is 9.48. The highest BCUT2D eigenvalue weighted by atomic mass is 16.5. The van der Waals surface area contributed by atoms with E-state index in [4.69, 9.17) is 4.74 Å². The molecule has 4 heteroatoms. The third-order valence-electron chi connectivity index (χ3n) is 1.77. The first kappa shape index (κ1) is 12.4. The molecule has 4 nitrogen and oxygen atoms in total. The van der Waals surface area contributed by atoms with Crippen molar-refractivity contribution in [3.63, 3.8) is 0 Å². The summed E-state index contributed by atoms with van der Waals surface area (Å²) >= 11 is 0. The molecule has 78 valence electrons. The lowest BCUT2D eigenvalue weighted by atomic mass is 10.2. The van der Waals surface area contributed by atoms with Crippen molar-refractivity contribution in [1.29, 1.82) is 0 Å². The van der Waals surface area contributed by atoms with Gasteiger partial charge in [-0.25, -0.2) is 0 Å². The summed E-state index contributed by atoms with van der Waals surface area (Å²) in [5.41, 5.74) is 0. The highest BCUT2D eigenvalue weighted by Gasteiger charge is 1.96. The van der Waals surface area contributed by atoms with E-state index >= 15 is 0 Å². The third-order valence-corrected chi connectivity index (χ3v) is 1.77. The number of rotatable bonds is 8. The van der Waals surface area contributed by atoms with E-state index in [9.17, 15) is 4.79 Å². The van der Waals surface area contributed by atoms with Crippen molar-refractivity contribution >= 4 is 5.91 Å². The Morgan fingerprint density at radius 2 is 2.08 bits per heavy atom. The van der Waals surface area contributed by atoms with E-state index in [1.165, 1.54) is 0 Å². The predicted octanol–water partition coefficient (Wildman–Crippen LogP) is 0.139. The molecule has 0 radical (unpaired) electrons. The monoisotopic (exact) mass is 188 g/mol. The van der Waals surface area contributed by atoms with Crippen molar-refractivity contribution in [2.45, 2.75) is 19.3 Å². The Labute approximate surface area is 80.0 Å². The summed E-state index contributed by atoms with van der Waals surface area (Å²) in [6.07, 6.45) is 2.61. The molecule has 0 heterocycles. The van der Waals surface area contributed by atoms with E-state index in [2.05, 4.69) is 10.6 Å². The summed E-state index contributed by atoms with van der Waals surface area (Å²) in [6, 6.07) is 0. The van der Waals surface area contributed by atoms with Crippen molar-refractivity contribution in [1.82, 2.24) is 10.6 Å². The quantitative estimate of drug-likeness (QED) is 0.533. The minimum atomic E-state index is 0.122. The van der Waals surface area contributed by atoms with Gasteiger partial charge in [-0.3, -0.25) is 4.79 Å². The molecule has 0 aliphatic rings. The summed E-state index contributed by atoms with van der Waals surface area (Å²) in [6.45, 7) is 2.59. The number of nitrogens with one attached hydrogen (secondary N) is 2. The molecule has 0 aliphatic carbocycles. The third kappa shape index (κ3) is 9.30. The van der Waals surface area contributed by atoms with Crippen LogP contribution in [-0.2, 0) is 9.53 Å². The van der Waals surface area contributed by atoms with Crippen molar-refractivity contribution in [3.05, 3.63) is 0 Å². The molecule has 0 fully saturated rings. The molecule has 0 aromatic rings. The summed E-state index contributed by atoms with van der Waals surface area (Å²) in [4.78, 5) is 10.8. The van der Waals surface area contributed by atoms with Gasteiger partial charge in [-0.2, -0.15) is 0 Å². The number of hydrogen-bond acceptors (Lipinski definition) is 3. The van der Waals surface area contributed by atoms with Crippen LogP contribution in [-0.4, -0.2) is 39.8 Å². The zero-order chi connectivity index (χ0) is 9.94. The second-order valence-electron chi connectivity index (χ2n) is 2.87. The Kier molecular flexibility index (Phi) is 9.03. The van der Waals surface area contributed by atoms with E-state index in [1.807, 2.05) is 0 Å². The Balaban J connectivity index is 2.95. The highest BCUT2D eigenvalue weighted by Crippen LogP contribution is 1.92. The topological polar surface area (TPSA) is 50.4 Å². The van der Waals surface area contributed by atoms with Crippen molar-refractivity contribution in [3.8, 4) is 0 Å². The molecule has 2 N–H and O–H groups in total. The molecule has 0 saturated carbocycles. The molecule has 0 atom stereocenters. The van der Waals surface area contributed by atoms with Gasteiger partial charge >= 0.3 is 0 Å². The zero-order valence-electron chi connectivity index (χ0n) is 8.56. The number of ether oxygens (including phenoxy) is 1. The van der Waals surface area contributed by atoms with Gasteiger partial charge in [-0.05, 0) is 19.4 Å². The molecule has 0 bridgehead atoms. The van der Waals surface area contributed by atoms with Gasteiger partial charge in [0.25, 0.3) is 0 Å². The number of unbranched alkanes of at least 4 members (excludes halogenated alkanes) is 1. The van der Waals surface area contributed by atoms with E-state index in [0.29, 0.717) is 6.42 Å². The van der Waals surface area contributed by atoms with Crippen LogP contribution in [0.3, 0.4) is 0 Å². The van der Waals surface area contributed by atoms with Crippen LogP contribution >= 0.6 is 0 Å². The van der Waals surface area contributed by atoms with Gasteiger partial charge in [-0.15, -0.1) is 0 Å². The SMILES string of the molecule is CNC(=O)CCCCNCCOC. The van der Waals surface area contributed by atoms with Crippen LogP contribution < -0.4 is 10.6 Å². The van der Waals surface area contributed by atoms with E-state index in [-0.39, 0.29) is 5.91 Å². The van der Waals surface area contributed by atoms with Crippen LogP contribution in [0, 0.1) is 0 Å². The lowest BCUT2D eigenvalue weighted by Crippen LogP contribution is -2.21. The van der Waals surface area contributed by atoms with Gasteiger partial charge in [0.05, 0.1) is 6.61 Å². The van der Waals surface area contributed by atoms with Crippen LogP contribution in [0.25, 0.3) is 0 Å². The van der Waals surface area contributed by atoms with E-state index < -0.39 is 0 Å². The summed E-state index contributed by atoms with van der Waals surface area (Å²) in [5, 5.41) is 5.82. The van der Waals surface area contributed by atoms with Gasteiger partial charge in [0.2, 0.25) is 5.91 Å². The lowest BCUT2D eigenvalue weighted by Gasteiger charge is -2.03. The fourth-order valence-corrected chi connectivity index (χ4v) is 0.960. The molecule has 0 aliphatic heterocycles. The Hall–Kier alpha value is -0.610. The smallest absolute Gasteiger partial charge is 0.219 e. The summed E-state index contributed by atoms with van der Waals surface area (Å²) in [7, 11) is 3.35. The zero-order valence-corrected chi connectivity index (χ0v) is 8.56. The van der Waals surface area contributed by atoms with Crippen LogP contribution in [0.2, 0.25) is 0 Å². The minimum absolute atomic E-state index is 0.122. The first-order chi connectivity index (χ1) is 6.31. The van der Waals surface area contributed by atoms with Crippen molar-refractivity contribution in [2.24, 2.45) is 0 Å². The predicted molar refractivity (Wildman–Crippen MR) is 52.7 cm³/mol. The number of methoxy groups -OCH3 is 1. The van der Waals surface area contributed by atoms with Crippen LogP contribution in [0.5, 0.6) is 0 Å². The molecule has 13 heavy (non-hydrogen) atoms. The number of hydrogen-bond donors (Lipinski definition) is 2. The molecular weight excluding hydrogens is 168 g/mol. The maximum Gasteiger partial charge on any atom is 0.219 e. The van der Waals surface area contributed by atoms with Gasteiger partial charge < -0.3 is 15.4 Å². The Morgan fingerprint density at radius 1 is 1.31 bits per heavy atom. The number of amides is 1. The van der Waals surface area contributed by atoms with Crippen LogP contribution in [0.1, 0.15) is 19.3 Å². The standard InChI is InChI=1S/C9H20N2O2/c1-10-9(12)5-3-4-6-11-7-8-13-2/h11H,3-8H2,1-2H3,(H,10,12). The van der Waals surface area contributed by atoms with Crippen molar-refractivity contribution < 1.29 is 9.53 Å². The lowest BCUT2D eigenvalue weighted by molar-refractivity contribution is -0.120. The van der Waals surface area contributed by atoms with Gasteiger partial charge in [0.15, 0.2) is 0 Å². The van der Waals surface area contributed by atoms with E-state index in [0.717, 1.165) is 32.5 Å². The van der Waals surface area contributed by atoms with Crippen molar-refractivity contribution in [2.75, 3.05) is 33.9 Å². The fraction of sp³-hybridized carbons (Fsp3) is 0.889. The number of carbonyl (C=O) groups excluding carboxylic acids is 1. The molecule has 0 spiro atoms. The molecule has 0 saturated heterocycles. The molecular formula is C9H20N2O2. The van der Waals surface area contributed by atoms with Crippen LogP contribution in [0.4, 0.5) is 0 Å². The maximum atomic E-state index is 10.8. The second-order valence-corrected chi connectivity index (χ2v) is 2.87. The minimum Gasteiger partial charge on any atom is -0.383 e. The maximum absolute atomic E-state index is 10.8. The van der Waals surface area contributed by atoms with Gasteiger partial charge in [-0.1, -0.05) is 0 Å². The summed E-state index contributed by atoms with van der Waals surface area (Å²) in [5.74, 6) is 0.122. The molecule has 1 amide bonds. The largest absolute Gasteiger partial charge is 0.383 e. The average Bonchev–Trinajstić information content (AvgIpc) is 2.16. The first-order valence-corrected chi connectivity index (χ1v) is 4.71. The fourth-order valence-electron chi connectivity index (χ4n) is 0.960. The molecule has 0 aromatic heterocycles. The molecule has 0 aromatic carbocycles. The van der Waals surface area contributed by atoms with Crippen LogP contribution in [0.15, 0.2) is 0 Å². The van der Waals surface area contributed by atoms with Gasteiger partial charge in [0.1, 0.15) is 0 Å². The molecule has 0 unspecified atom stereocenters. The highest BCUT2D eigenvalue weighted by molar-refractivity contribution is 5.75. The average molecular weight is 188 g/mol. The normalized spacial score (nSPS) is 10.0. The molecule has 0 rings (SSSR count). The summed E-state index contributed by atoms with van der Waals surface area (Å²) < 4.78 is 4.88.